The normalized spacial score (nSPS) is 13.0. The Balaban J connectivity index is 0.00000312. The van der Waals surface area contributed by atoms with Crippen LogP contribution in [0.4, 0.5) is 5.69 Å². The minimum atomic E-state index is -0.329. The summed E-state index contributed by atoms with van der Waals surface area (Å²) >= 11 is 0. The van der Waals surface area contributed by atoms with E-state index in [0.29, 0.717) is 6.61 Å². The van der Waals surface area contributed by atoms with Crippen LogP contribution < -0.4 is 11.1 Å². The van der Waals surface area contributed by atoms with Crippen molar-refractivity contribution in [3.8, 4) is 0 Å². The van der Waals surface area contributed by atoms with Crippen LogP contribution in [-0.2, 0) is 16.1 Å². The first-order valence-corrected chi connectivity index (χ1v) is 8.29. The van der Waals surface area contributed by atoms with Crippen molar-refractivity contribution in [1.82, 2.24) is 0 Å². The number of ether oxygens (including phenoxy) is 1. The lowest BCUT2D eigenvalue weighted by atomic mass is 9.94. The fourth-order valence-corrected chi connectivity index (χ4v) is 2.33. The molecule has 1 amide bonds. The molecule has 2 aromatic rings. The molecule has 5 heteroatoms. The van der Waals surface area contributed by atoms with Crippen LogP contribution in [0.25, 0.3) is 0 Å². The number of anilines is 1. The molecule has 136 valence electrons. The second kappa shape index (κ2) is 10.2. The Morgan fingerprint density at radius 3 is 2.20 bits per heavy atom. The smallest absolute Gasteiger partial charge is 0.229 e. The van der Waals surface area contributed by atoms with Crippen LogP contribution in [0.3, 0.4) is 0 Å². The van der Waals surface area contributed by atoms with Gasteiger partial charge < -0.3 is 15.8 Å². The van der Waals surface area contributed by atoms with Crippen LogP contribution in [0, 0.1) is 5.92 Å². The zero-order valence-electron chi connectivity index (χ0n) is 14.9. The molecule has 0 saturated carbocycles. The third kappa shape index (κ3) is 6.50. The van der Waals surface area contributed by atoms with Gasteiger partial charge in [-0.2, -0.15) is 0 Å². The summed E-state index contributed by atoms with van der Waals surface area (Å²) in [5, 5.41) is 2.92. The molecule has 0 spiro atoms. The number of hydrogen-bond acceptors (Lipinski definition) is 3. The Morgan fingerprint density at radius 1 is 1.04 bits per heavy atom. The van der Waals surface area contributed by atoms with Gasteiger partial charge in [-0.05, 0) is 37.1 Å². The van der Waals surface area contributed by atoms with Gasteiger partial charge in [-0.15, -0.1) is 12.4 Å². The quantitative estimate of drug-likeness (QED) is 0.771. The maximum atomic E-state index is 12.4. The fourth-order valence-electron chi connectivity index (χ4n) is 2.33. The molecule has 3 N–H and O–H groups in total. The van der Waals surface area contributed by atoms with Crippen LogP contribution in [0.5, 0.6) is 0 Å². The molecule has 0 bridgehead atoms. The lowest BCUT2D eigenvalue weighted by molar-refractivity contribution is -0.120. The van der Waals surface area contributed by atoms with Gasteiger partial charge in [-0.3, -0.25) is 4.79 Å². The number of benzene rings is 2. The average Bonchev–Trinajstić information content (AvgIpc) is 2.60. The molecule has 0 aliphatic carbocycles. The van der Waals surface area contributed by atoms with Crippen molar-refractivity contribution in [2.24, 2.45) is 11.7 Å². The molecule has 0 saturated heterocycles. The van der Waals surface area contributed by atoms with E-state index in [1.54, 1.807) is 0 Å². The molecular weight excluding hydrogens is 336 g/mol. The summed E-state index contributed by atoms with van der Waals surface area (Å²) in [5.74, 6) is -0.408. The van der Waals surface area contributed by atoms with Crippen molar-refractivity contribution in [2.75, 3.05) is 5.32 Å². The minimum absolute atomic E-state index is 0. The van der Waals surface area contributed by atoms with Gasteiger partial charge in [0.05, 0.1) is 18.6 Å². The highest BCUT2D eigenvalue weighted by Crippen LogP contribution is 2.21. The van der Waals surface area contributed by atoms with Gasteiger partial charge in [0.15, 0.2) is 0 Å². The van der Waals surface area contributed by atoms with Gasteiger partial charge in [0, 0.05) is 11.7 Å². The van der Waals surface area contributed by atoms with Crippen LogP contribution in [0.1, 0.15) is 37.9 Å². The van der Waals surface area contributed by atoms with Crippen molar-refractivity contribution < 1.29 is 9.53 Å². The van der Waals surface area contributed by atoms with Gasteiger partial charge >= 0.3 is 0 Å². The number of carbonyl (C=O) groups is 1. The minimum Gasteiger partial charge on any atom is -0.374 e. The highest BCUT2D eigenvalue weighted by Gasteiger charge is 2.22. The highest BCUT2D eigenvalue weighted by molar-refractivity contribution is 5.92. The van der Waals surface area contributed by atoms with Crippen molar-refractivity contribution in [3.63, 3.8) is 0 Å². The van der Waals surface area contributed by atoms with E-state index >= 15 is 0 Å². The number of carbonyl (C=O) groups excluding carboxylic acids is 1. The van der Waals surface area contributed by atoms with Crippen LogP contribution in [0.2, 0.25) is 0 Å². The molecule has 2 unspecified atom stereocenters. The van der Waals surface area contributed by atoms with E-state index in [2.05, 4.69) is 5.32 Å². The molecule has 2 aromatic carbocycles. The number of nitrogens with one attached hydrogen (secondary N) is 1. The molecule has 0 heterocycles. The summed E-state index contributed by atoms with van der Waals surface area (Å²) in [7, 11) is 0. The lowest BCUT2D eigenvalue weighted by Gasteiger charge is -2.20. The van der Waals surface area contributed by atoms with E-state index in [4.69, 9.17) is 10.5 Å². The third-order valence-electron chi connectivity index (χ3n) is 3.94. The average molecular weight is 363 g/mol. The van der Waals surface area contributed by atoms with Crippen LogP contribution >= 0.6 is 12.4 Å². The number of amides is 1. The second-order valence-corrected chi connectivity index (χ2v) is 6.27. The first-order chi connectivity index (χ1) is 11.5. The van der Waals surface area contributed by atoms with Crippen LogP contribution in [-0.4, -0.2) is 12.0 Å². The molecule has 2 rings (SSSR count). The van der Waals surface area contributed by atoms with E-state index in [9.17, 15) is 4.79 Å². The van der Waals surface area contributed by atoms with E-state index < -0.39 is 0 Å². The van der Waals surface area contributed by atoms with Crippen molar-refractivity contribution in [2.45, 2.75) is 39.5 Å². The summed E-state index contributed by atoms with van der Waals surface area (Å²) < 4.78 is 5.56. The first kappa shape index (κ1) is 21.2. The molecule has 0 radical (unpaired) electrons. The second-order valence-electron chi connectivity index (χ2n) is 6.27. The summed E-state index contributed by atoms with van der Waals surface area (Å²) in [4.78, 5) is 12.4. The molecule has 2 atom stereocenters. The molecule has 0 aliphatic heterocycles. The van der Waals surface area contributed by atoms with E-state index in [1.165, 1.54) is 0 Å². The van der Waals surface area contributed by atoms with E-state index in [0.717, 1.165) is 16.8 Å². The van der Waals surface area contributed by atoms with Crippen molar-refractivity contribution in [1.29, 1.82) is 0 Å². The summed E-state index contributed by atoms with van der Waals surface area (Å²) in [6.07, 6.45) is 0.199. The highest BCUT2D eigenvalue weighted by atomic mass is 35.5. The van der Waals surface area contributed by atoms with Crippen LogP contribution in [0.15, 0.2) is 54.6 Å². The largest absolute Gasteiger partial charge is 0.374 e. The fraction of sp³-hybridized carbons (Fsp3) is 0.350. The molecular formula is C20H27ClN2O2. The van der Waals surface area contributed by atoms with E-state index in [1.807, 2.05) is 75.4 Å². The number of rotatable bonds is 7. The zero-order chi connectivity index (χ0) is 17.5. The lowest BCUT2D eigenvalue weighted by Crippen LogP contribution is -2.30. The zero-order valence-corrected chi connectivity index (χ0v) is 15.8. The molecule has 0 aromatic heterocycles. The Kier molecular flexibility index (Phi) is 8.62. The maximum Gasteiger partial charge on any atom is 0.229 e. The van der Waals surface area contributed by atoms with Crippen molar-refractivity contribution >= 4 is 24.0 Å². The third-order valence-corrected chi connectivity index (χ3v) is 3.94. The van der Waals surface area contributed by atoms with Gasteiger partial charge in [-0.1, -0.05) is 49.4 Å². The topological polar surface area (TPSA) is 64.3 Å². The Bertz CT molecular complexity index is 645. The van der Waals surface area contributed by atoms with Crippen molar-refractivity contribution in [3.05, 3.63) is 65.7 Å². The Morgan fingerprint density at radius 2 is 1.64 bits per heavy atom. The first-order valence-electron chi connectivity index (χ1n) is 8.29. The molecule has 4 nitrogen and oxygen atoms in total. The summed E-state index contributed by atoms with van der Waals surface area (Å²) in [5.41, 5.74) is 9.01. The van der Waals surface area contributed by atoms with Gasteiger partial charge in [-0.25, -0.2) is 0 Å². The maximum absolute atomic E-state index is 12.4. The van der Waals surface area contributed by atoms with Gasteiger partial charge in [0.2, 0.25) is 5.91 Å². The SMILES string of the molecule is CC(C)OCc1ccc(NC(=O)C(C)C(N)c2ccccc2)cc1.Cl. The standard InChI is InChI=1S/C20H26N2O2.ClH/c1-14(2)24-13-16-9-11-18(12-10-16)22-20(23)15(3)19(21)17-7-5-4-6-8-17;/h4-12,14-15,19H,13,21H2,1-3H3,(H,22,23);1H. The molecule has 25 heavy (non-hydrogen) atoms. The summed E-state index contributed by atoms with van der Waals surface area (Å²) in [6.45, 7) is 6.43. The predicted octanol–water partition coefficient (Wildman–Crippen LogP) is 4.31. The predicted molar refractivity (Wildman–Crippen MR) is 105 cm³/mol. The Labute approximate surface area is 156 Å². The summed E-state index contributed by atoms with van der Waals surface area (Å²) in [6, 6.07) is 17.0. The number of hydrogen-bond donors (Lipinski definition) is 2. The number of halogens is 1. The molecule has 0 fully saturated rings. The van der Waals surface area contributed by atoms with E-state index in [-0.39, 0.29) is 36.4 Å². The van der Waals surface area contributed by atoms with Gasteiger partial charge in [0.25, 0.3) is 0 Å². The van der Waals surface area contributed by atoms with Gasteiger partial charge in [0.1, 0.15) is 0 Å². The number of nitrogens with two attached hydrogens (primary N) is 1. The molecule has 0 aliphatic rings. The monoisotopic (exact) mass is 362 g/mol. The Hall–Kier alpha value is -1.88.